The van der Waals surface area contributed by atoms with E-state index in [9.17, 15) is 0 Å². The van der Waals surface area contributed by atoms with Gasteiger partial charge in [0.2, 0.25) is 0 Å². The van der Waals surface area contributed by atoms with Crippen molar-refractivity contribution in [1.29, 1.82) is 0 Å². The first kappa shape index (κ1) is 17.9. The van der Waals surface area contributed by atoms with Crippen molar-refractivity contribution >= 4 is 0 Å². The largest absolute Gasteiger partial charge is 0.496 e. The van der Waals surface area contributed by atoms with E-state index in [4.69, 9.17) is 23.7 Å². The standard InChI is InChI=1S/C21H30O5/c1-20(2)12-7-13-11-25-19(15(8-12)21(13,3)26-20)14-9-17(23-5)18(24-6)10-16(14)22-4/h9-10,12-13,15,19H,7-8,11H2,1-6H3/t12-,13+,15-,19+,21+/m1/s1. The Morgan fingerprint density at radius 3 is 2.19 bits per heavy atom. The van der Waals surface area contributed by atoms with Gasteiger partial charge >= 0.3 is 0 Å². The van der Waals surface area contributed by atoms with Gasteiger partial charge in [0, 0.05) is 23.5 Å². The SMILES string of the molecule is COc1cc(OC)c([C@@H]2OC[C@@H]3C[C@@H]4C[C@H]2[C@@]3(C)OC4(C)C)cc1OC. The van der Waals surface area contributed by atoms with Crippen molar-refractivity contribution in [3.8, 4) is 17.2 Å². The maximum atomic E-state index is 6.68. The molecular formula is C21H30O5. The molecule has 0 unspecified atom stereocenters. The molecule has 4 bridgehead atoms. The van der Waals surface area contributed by atoms with Crippen LogP contribution in [0.1, 0.15) is 45.3 Å². The van der Waals surface area contributed by atoms with Gasteiger partial charge < -0.3 is 23.7 Å². The van der Waals surface area contributed by atoms with Gasteiger partial charge in [0.15, 0.2) is 11.5 Å². The van der Waals surface area contributed by atoms with E-state index in [0.29, 0.717) is 29.3 Å². The monoisotopic (exact) mass is 362 g/mol. The summed E-state index contributed by atoms with van der Waals surface area (Å²) in [6, 6.07) is 3.89. The molecule has 0 aromatic heterocycles. The van der Waals surface area contributed by atoms with Crippen molar-refractivity contribution in [2.24, 2.45) is 17.8 Å². The molecule has 3 aliphatic heterocycles. The minimum Gasteiger partial charge on any atom is -0.496 e. The molecule has 0 amide bonds. The molecule has 144 valence electrons. The molecule has 3 saturated heterocycles. The number of hydrogen-bond donors (Lipinski definition) is 0. The molecule has 0 spiro atoms. The van der Waals surface area contributed by atoms with Gasteiger partial charge in [-0.05, 0) is 45.6 Å². The van der Waals surface area contributed by atoms with Gasteiger partial charge in [-0.2, -0.15) is 0 Å². The number of ether oxygens (including phenoxy) is 5. The predicted molar refractivity (Wildman–Crippen MR) is 98.1 cm³/mol. The van der Waals surface area contributed by atoms with Crippen LogP contribution >= 0.6 is 0 Å². The Bertz CT molecular complexity index is 700. The van der Waals surface area contributed by atoms with Gasteiger partial charge in [0.05, 0.1) is 45.2 Å². The van der Waals surface area contributed by atoms with Gasteiger partial charge in [0.25, 0.3) is 0 Å². The molecule has 3 heterocycles. The quantitative estimate of drug-likeness (QED) is 0.810. The van der Waals surface area contributed by atoms with E-state index in [0.717, 1.165) is 24.3 Å². The molecule has 5 rings (SSSR count). The van der Waals surface area contributed by atoms with Crippen molar-refractivity contribution in [3.63, 3.8) is 0 Å². The molecule has 0 N–H and O–H groups in total. The van der Waals surface area contributed by atoms with E-state index in [2.05, 4.69) is 20.8 Å². The Labute approximate surface area is 155 Å². The van der Waals surface area contributed by atoms with Crippen LogP contribution in [0, 0.1) is 17.8 Å². The summed E-state index contributed by atoms with van der Waals surface area (Å²) >= 11 is 0. The van der Waals surface area contributed by atoms with E-state index in [1.165, 1.54) is 6.42 Å². The number of methoxy groups -OCH3 is 3. The fourth-order valence-electron chi connectivity index (χ4n) is 5.47. The van der Waals surface area contributed by atoms with E-state index < -0.39 is 0 Å². The molecule has 5 nitrogen and oxygen atoms in total. The highest BCUT2D eigenvalue weighted by Crippen LogP contribution is 2.62. The summed E-state index contributed by atoms with van der Waals surface area (Å²) in [4.78, 5) is 0. The van der Waals surface area contributed by atoms with Crippen LogP contribution in [0.5, 0.6) is 17.2 Å². The second kappa shape index (κ2) is 6.03. The van der Waals surface area contributed by atoms with Crippen LogP contribution in [0.2, 0.25) is 0 Å². The highest BCUT2D eigenvalue weighted by molar-refractivity contribution is 5.52. The first-order valence-corrected chi connectivity index (χ1v) is 9.45. The van der Waals surface area contributed by atoms with Gasteiger partial charge in [0.1, 0.15) is 5.75 Å². The fraction of sp³-hybridized carbons (Fsp3) is 0.714. The molecule has 26 heavy (non-hydrogen) atoms. The van der Waals surface area contributed by atoms with Crippen LogP contribution in [-0.4, -0.2) is 39.1 Å². The van der Waals surface area contributed by atoms with Crippen LogP contribution in [0.4, 0.5) is 0 Å². The zero-order chi connectivity index (χ0) is 18.7. The molecule has 1 aromatic rings. The van der Waals surface area contributed by atoms with Crippen molar-refractivity contribution < 1.29 is 23.7 Å². The summed E-state index contributed by atoms with van der Waals surface area (Å²) in [7, 11) is 4.97. The topological polar surface area (TPSA) is 46.2 Å². The third kappa shape index (κ3) is 2.43. The minimum atomic E-state index is -0.167. The Balaban J connectivity index is 1.76. The Morgan fingerprint density at radius 1 is 0.885 bits per heavy atom. The summed E-state index contributed by atoms with van der Waals surface area (Å²) in [5.41, 5.74) is 0.786. The summed E-state index contributed by atoms with van der Waals surface area (Å²) in [5.74, 6) is 3.46. The highest BCUT2D eigenvalue weighted by atomic mass is 16.5. The maximum absolute atomic E-state index is 6.68. The summed E-state index contributed by atoms with van der Waals surface area (Å²) < 4.78 is 29.7. The molecule has 1 saturated carbocycles. The van der Waals surface area contributed by atoms with Gasteiger partial charge in [-0.1, -0.05) is 0 Å². The van der Waals surface area contributed by atoms with Crippen LogP contribution in [0.25, 0.3) is 0 Å². The molecule has 5 heteroatoms. The smallest absolute Gasteiger partial charge is 0.164 e. The lowest BCUT2D eigenvalue weighted by Gasteiger charge is -2.65. The molecule has 5 atom stereocenters. The minimum absolute atomic E-state index is 0.0642. The van der Waals surface area contributed by atoms with Crippen LogP contribution < -0.4 is 14.2 Å². The van der Waals surface area contributed by atoms with E-state index in [-0.39, 0.29) is 17.3 Å². The molecule has 4 fully saturated rings. The first-order valence-electron chi connectivity index (χ1n) is 9.45. The zero-order valence-electron chi connectivity index (χ0n) is 16.6. The first-order chi connectivity index (χ1) is 12.3. The van der Waals surface area contributed by atoms with Crippen LogP contribution in [-0.2, 0) is 9.47 Å². The summed E-state index contributed by atoms with van der Waals surface area (Å²) in [5, 5.41) is 0. The zero-order valence-corrected chi connectivity index (χ0v) is 16.6. The lowest BCUT2D eigenvalue weighted by atomic mass is 9.55. The van der Waals surface area contributed by atoms with E-state index in [1.807, 2.05) is 12.1 Å². The van der Waals surface area contributed by atoms with Crippen LogP contribution in [0.15, 0.2) is 12.1 Å². The lowest BCUT2D eigenvalue weighted by Crippen LogP contribution is -2.67. The third-order valence-corrected chi connectivity index (χ3v) is 7.01. The molecular weight excluding hydrogens is 332 g/mol. The third-order valence-electron chi connectivity index (χ3n) is 7.01. The average Bonchev–Trinajstić information content (AvgIpc) is 2.59. The molecule has 1 aliphatic carbocycles. The molecule has 1 aromatic carbocycles. The lowest BCUT2D eigenvalue weighted by molar-refractivity contribution is -0.331. The Morgan fingerprint density at radius 2 is 1.54 bits per heavy atom. The highest BCUT2D eigenvalue weighted by Gasteiger charge is 2.63. The molecule has 0 radical (unpaired) electrons. The van der Waals surface area contributed by atoms with Crippen molar-refractivity contribution in [2.45, 2.75) is 50.9 Å². The average molecular weight is 362 g/mol. The normalized spacial score (nSPS) is 37.3. The number of fused-ring (bicyclic) bond motifs is 1. The molecule has 4 aliphatic rings. The summed E-state index contributed by atoms with van der Waals surface area (Å²) in [6.45, 7) is 7.47. The Hall–Kier alpha value is -1.46. The number of rotatable bonds is 4. The van der Waals surface area contributed by atoms with Crippen molar-refractivity contribution in [2.75, 3.05) is 27.9 Å². The maximum Gasteiger partial charge on any atom is 0.164 e. The van der Waals surface area contributed by atoms with Gasteiger partial charge in [-0.25, -0.2) is 0 Å². The number of benzene rings is 1. The summed E-state index contributed by atoms with van der Waals surface area (Å²) in [6.07, 6.45) is 2.24. The second-order valence-corrected chi connectivity index (χ2v) is 8.56. The van der Waals surface area contributed by atoms with E-state index >= 15 is 0 Å². The van der Waals surface area contributed by atoms with Crippen molar-refractivity contribution in [3.05, 3.63) is 17.7 Å². The Kier molecular flexibility index (Phi) is 4.16. The van der Waals surface area contributed by atoms with E-state index in [1.54, 1.807) is 21.3 Å². The van der Waals surface area contributed by atoms with Gasteiger partial charge in [-0.3, -0.25) is 0 Å². The second-order valence-electron chi connectivity index (χ2n) is 8.56. The van der Waals surface area contributed by atoms with Crippen LogP contribution in [0.3, 0.4) is 0 Å². The number of hydrogen-bond acceptors (Lipinski definition) is 5. The predicted octanol–water partition coefficient (Wildman–Crippen LogP) is 3.99. The van der Waals surface area contributed by atoms with Crippen molar-refractivity contribution in [1.82, 2.24) is 0 Å². The fourth-order valence-corrected chi connectivity index (χ4v) is 5.47. The van der Waals surface area contributed by atoms with Gasteiger partial charge in [-0.15, -0.1) is 0 Å².